The van der Waals surface area contributed by atoms with Crippen molar-refractivity contribution in [3.8, 4) is 6.07 Å². The first-order valence-corrected chi connectivity index (χ1v) is 12.9. The Morgan fingerprint density at radius 2 is 1.83 bits per heavy atom. The molecule has 182 valence electrons. The summed E-state index contributed by atoms with van der Waals surface area (Å²) in [6.45, 7) is 9.35. The number of benzene rings is 1. The quantitative estimate of drug-likeness (QED) is 0.451. The van der Waals surface area contributed by atoms with Crippen LogP contribution in [0.3, 0.4) is 0 Å². The molecule has 4 rings (SSSR count). The Morgan fingerprint density at radius 3 is 2.43 bits per heavy atom. The molecule has 1 aromatic heterocycles. The number of hydrogen-bond acceptors (Lipinski definition) is 7. The summed E-state index contributed by atoms with van der Waals surface area (Å²) < 4.78 is 2.16. The number of likely N-dealkylation sites (N-methyl/N-ethyl adjacent to an activating group) is 1. The van der Waals surface area contributed by atoms with E-state index in [2.05, 4.69) is 22.9 Å². The third kappa shape index (κ3) is 4.66. The molecule has 7 nitrogen and oxygen atoms in total. The molecular formula is C26H29N5O2S2. The fourth-order valence-corrected chi connectivity index (χ4v) is 6.02. The van der Waals surface area contributed by atoms with Crippen LogP contribution in [0.2, 0.25) is 0 Å². The number of amides is 1. The molecule has 2 saturated heterocycles. The molecule has 1 unspecified atom stereocenters. The highest BCUT2D eigenvalue weighted by molar-refractivity contribution is 8.26. The summed E-state index contributed by atoms with van der Waals surface area (Å²) in [7, 11) is 2.08. The zero-order valence-electron chi connectivity index (χ0n) is 20.4. The van der Waals surface area contributed by atoms with Gasteiger partial charge < -0.3 is 9.80 Å². The number of carbonyl (C=O) groups is 1. The van der Waals surface area contributed by atoms with Gasteiger partial charge in [-0.3, -0.25) is 19.1 Å². The number of pyridine rings is 1. The highest BCUT2D eigenvalue weighted by Gasteiger charge is 2.36. The molecule has 0 spiro atoms. The Kier molecular flexibility index (Phi) is 7.45. The van der Waals surface area contributed by atoms with E-state index in [0.29, 0.717) is 21.3 Å². The molecule has 0 radical (unpaired) electrons. The third-order valence-corrected chi connectivity index (χ3v) is 8.06. The standard InChI is InChI=1S/C26H29N5O2S2/c1-5-30-23(29-13-11-28(4)12-14-29)20(17(2)21(16-27)24(30)32)15-22-25(33)31(26(34)35-22)18(3)19-9-7-6-8-10-19/h6-10,15,18H,5,11-14H2,1-4H3/b22-15-. The third-order valence-electron chi connectivity index (χ3n) is 6.73. The molecule has 9 heteroatoms. The molecule has 35 heavy (non-hydrogen) atoms. The number of thioether (sulfide) groups is 1. The molecular weight excluding hydrogens is 478 g/mol. The molecule has 1 atom stereocenters. The minimum absolute atomic E-state index is 0.115. The number of piperazine rings is 1. The Balaban J connectivity index is 1.83. The number of anilines is 1. The first-order valence-electron chi connectivity index (χ1n) is 11.7. The summed E-state index contributed by atoms with van der Waals surface area (Å²) in [4.78, 5) is 33.3. The minimum atomic E-state index is -0.288. The van der Waals surface area contributed by atoms with Gasteiger partial charge in [0.2, 0.25) is 0 Å². The van der Waals surface area contributed by atoms with E-state index >= 15 is 0 Å². The maximum atomic E-state index is 13.5. The van der Waals surface area contributed by atoms with Crippen molar-refractivity contribution in [3.63, 3.8) is 0 Å². The van der Waals surface area contributed by atoms with Crippen LogP contribution in [0.4, 0.5) is 5.82 Å². The van der Waals surface area contributed by atoms with E-state index in [0.717, 1.165) is 43.1 Å². The van der Waals surface area contributed by atoms with Crippen LogP contribution >= 0.6 is 24.0 Å². The predicted molar refractivity (Wildman–Crippen MR) is 145 cm³/mol. The van der Waals surface area contributed by atoms with E-state index < -0.39 is 0 Å². The van der Waals surface area contributed by atoms with Crippen molar-refractivity contribution in [2.24, 2.45) is 0 Å². The van der Waals surface area contributed by atoms with Crippen LogP contribution in [0.5, 0.6) is 0 Å². The zero-order valence-corrected chi connectivity index (χ0v) is 22.1. The van der Waals surface area contributed by atoms with E-state index in [4.69, 9.17) is 12.2 Å². The van der Waals surface area contributed by atoms with E-state index in [1.54, 1.807) is 16.4 Å². The van der Waals surface area contributed by atoms with Crippen molar-refractivity contribution >= 4 is 46.1 Å². The summed E-state index contributed by atoms with van der Waals surface area (Å²) in [5.41, 5.74) is 2.16. The lowest BCUT2D eigenvalue weighted by Gasteiger charge is -2.36. The lowest BCUT2D eigenvalue weighted by Crippen LogP contribution is -2.47. The van der Waals surface area contributed by atoms with Crippen molar-refractivity contribution in [2.45, 2.75) is 33.4 Å². The number of carbonyl (C=O) groups excluding carboxylic acids is 1. The Bertz CT molecular complexity index is 1290. The normalized spacial score (nSPS) is 18.9. The summed E-state index contributed by atoms with van der Waals surface area (Å²) in [5, 5.41) is 9.77. The van der Waals surface area contributed by atoms with Crippen LogP contribution < -0.4 is 10.5 Å². The average Bonchev–Trinajstić information content (AvgIpc) is 3.14. The molecule has 0 bridgehead atoms. The molecule has 1 amide bonds. The molecule has 0 saturated carbocycles. The van der Waals surface area contributed by atoms with E-state index in [1.807, 2.05) is 50.3 Å². The number of rotatable bonds is 5. The molecule has 2 aliphatic heterocycles. The second-order valence-corrected chi connectivity index (χ2v) is 10.5. The van der Waals surface area contributed by atoms with Gasteiger partial charge in [-0.05, 0) is 45.0 Å². The average molecular weight is 508 g/mol. The Hall–Kier alpha value is -2.93. The van der Waals surface area contributed by atoms with Crippen LogP contribution in [0, 0.1) is 18.3 Å². The molecule has 1 aromatic carbocycles. The largest absolute Gasteiger partial charge is 0.355 e. The second-order valence-electron chi connectivity index (χ2n) is 8.83. The maximum absolute atomic E-state index is 13.5. The van der Waals surface area contributed by atoms with Crippen molar-refractivity contribution in [3.05, 3.63) is 67.8 Å². The van der Waals surface area contributed by atoms with Gasteiger partial charge in [0.1, 0.15) is 21.8 Å². The van der Waals surface area contributed by atoms with E-state index in [9.17, 15) is 14.9 Å². The summed E-state index contributed by atoms with van der Waals surface area (Å²) in [6, 6.07) is 11.7. The molecule has 2 aliphatic rings. The van der Waals surface area contributed by atoms with Gasteiger partial charge >= 0.3 is 0 Å². The van der Waals surface area contributed by atoms with Crippen LogP contribution in [0.15, 0.2) is 40.0 Å². The van der Waals surface area contributed by atoms with Crippen LogP contribution in [0.1, 0.15) is 42.1 Å². The number of aromatic nitrogens is 1. The number of hydrogen-bond donors (Lipinski definition) is 0. The van der Waals surface area contributed by atoms with Crippen LogP contribution in [-0.2, 0) is 11.3 Å². The number of thiocarbonyl (C=S) groups is 1. The van der Waals surface area contributed by atoms with Gasteiger partial charge in [0, 0.05) is 38.3 Å². The Labute approximate surface area is 215 Å². The Morgan fingerprint density at radius 1 is 1.17 bits per heavy atom. The number of nitrogens with zero attached hydrogens (tertiary/aromatic N) is 5. The van der Waals surface area contributed by atoms with E-state index in [-0.39, 0.29) is 23.1 Å². The first kappa shape index (κ1) is 25.2. The molecule has 3 heterocycles. The minimum Gasteiger partial charge on any atom is -0.355 e. The highest BCUT2D eigenvalue weighted by atomic mass is 32.2. The summed E-state index contributed by atoms with van der Waals surface area (Å²) >= 11 is 6.88. The number of nitriles is 1. The lowest BCUT2D eigenvalue weighted by molar-refractivity contribution is -0.123. The maximum Gasteiger partial charge on any atom is 0.270 e. The van der Waals surface area contributed by atoms with Gasteiger partial charge in [-0.2, -0.15) is 5.26 Å². The van der Waals surface area contributed by atoms with Gasteiger partial charge in [0.05, 0.1) is 10.9 Å². The predicted octanol–water partition coefficient (Wildman–Crippen LogP) is 3.76. The van der Waals surface area contributed by atoms with Gasteiger partial charge in [-0.15, -0.1) is 0 Å². The molecule has 2 fully saturated rings. The van der Waals surface area contributed by atoms with Crippen LogP contribution in [-0.4, -0.2) is 57.8 Å². The first-order chi connectivity index (χ1) is 16.8. The fraction of sp³-hybridized carbons (Fsp3) is 0.385. The monoisotopic (exact) mass is 507 g/mol. The van der Waals surface area contributed by atoms with Crippen molar-refractivity contribution in [2.75, 3.05) is 38.1 Å². The lowest BCUT2D eigenvalue weighted by atomic mass is 10.0. The summed E-state index contributed by atoms with van der Waals surface area (Å²) in [6.07, 6.45) is 1.83. The SMILES string of the molecule is CCn1c(N2CCN(C)CC2)c(/C=C2\SC(=S)N(C(C)c3ccccc3)C2=O)c(C)c(C#N)c1=O. The molecule has 0 aliphatic carbocycles. The van der Waals surface area contributed by atoms with Gasteiger partial charge in [-0.1, -0.05) is 54.3 Å². The van der Waals surface area contributed by atoms with Gasteiger partial charge in [0.15, 0.2) is 0 Å². The van der Waals surface area contributed by atoms with Crippen LogP contribution in [0.25, 0.3) is 6.08 Å². The fourth-order valence-electron chi connectivity index (χ4n) is 4.62. The molecule has 2 aromatic rings. The van der Waals surface area contributed by atoms with Crippen molar-refractivity contribution < 1.29 is 4.79 Å². The topological polar surface area (TPSA) is 72.6 Å². The summed E-state index contributed by atoms with van der Waals surface area (Å²) in [5.74, 6) is 0.608. The van der Waals surface area contributed by atoms with E-state index in [1.165, 1.54) is 11.8 Å². The van der Waals surface area contributed by atoms with Crippen molar-refractivity contribution in [1.29, 1.82) is 5.26 Å². The van der Waals surface area contributed by atoms with Crippen molar-refractivity contribution in [1.82, 2.24) is 14.4 Å². The second kappa shape index (κ2) is 10.4. The van der Waals surface area contributed by atoms with Gasteiger partial charge in [-0.25, -0.2) is 0 Å². The molecule has 0 N–H and O–H groups in total. The zero-order chi connectivity index (χ0) is 25.3. The van der Waals surface area contributed by atoms with Gasteiger partial charge in [0.25, 0.3) is 11.5 Å². The smallest absolute Gasteiger partial charge is 0.270 e. The highest BCUT2D eigenvalue weighted by Crippen LogP contribution is 2.39.